The van der Waals surface area contributed by atoms with Crippen LogP contribution < -0.4 is 0 Å². The lowest BCUT2D eigenvalue weighted by molar-refractivity contribution is -0.129. The van der Waals surface area contributed by atoms with Gasteiger partial charge < -0.3 is 4.90 Å². The van der Waals surface area contributed by atoms with Crippen LogP contribution in [0.2, 0.25) is 0 Å². The van der Waals surface area contributed by atoms with Crippen molar-refractivity contribution >= 4 is 5.91 Å². The Labute approximate surface area is 84.1 Å². The number of nitrogens with zero attached hydrogens (tertiary/aromatic N) is 5. The maximum atomic E-state index is 11.3. The summed E-state index contributed by atoms with van der Waals surface area (Å²) < 4.78 is 0. The van der Waals surface area contributed by atoms with Crippen molar-refractivity contribution in [3.05, 3.63) is 10.4 Å². The molecule has 6 nitrogen and oxygen atoms in total. The average Bonchev–Trinajstić information content (AvgIpc) is 2.16. The molecule has 0 saturated heterocycles. The first kappa shape index (κ1) is 12.7. The lowest BCUT2D eigenvalue weighted by atomic mass is 10.4. The van der Waals surface area contributed by atoms with Crippen molar-refractivity contribution in [2.24, 2.45) is 5.11 Å². The molecule has 0 aromatic heterocycles. The summed E-state index contributed by atoms with van der Waals surface area (Å²) in [6.45, 7) is 4.16. The van der Waals surface area contributed by atoms with Crippen molar-refractivity contribution in [2.75, 3.05) is 40.3 Å². The Hall–Kier alpha value is -1.26. The molecule has 0 heterocycles. The number of amides is 1. The molecule has 0 unspecified atom stereocenters. The zero-order valence-electron chi connectivity index (χ0n) is 8.97. The second-order valence-corrected chi connectivity index (χ2v) is 3.11. The summed E-state index contributed by atoms with van der Waals surface area (Å²) in [5.74, 6) is 0.0628. The molecule has 6 heteroatoms. The van der Waals surface area contributed by atoms with Gasteiger partial charge in [0.15, 0.2) is 0 Å². The number of hydrogen-bond acceptors (Lipinski definition) is 3. The maximum Gasteiger partial charge on any atom is 0.236 e. The van der Waals surface area contributed by atoms with Gasteiger partial charge in [0.2, 0.25) is 5.91 Å². The van der Waals surface area contributed by atoms with Crippen molar-refractivity contribution in [3.63, 3.8) is 0 Å². The van der Waals surface area contributed by atoms with Crippen LogP contribution in [0.1, 0.15) is 6.92 Å². The first-order chi connectivity index (χ1) is 6.61. The molecule has 0 rings (SSSR count). The topological polar surface area (TPSA) is 72.3 Å². The van der Waals surface area contributed by atoms with Gasteiger partial charge in [0.05, 0.1) is 6.54 Å². The fraction of sp³-hybridized carbons (Fsp3) is 0.875. The predicted octanol–water partition coefficient (Wildman–Crippen LogP) is 0.707. The van der Waals surface area contributed by atoms with Crippen molar-refractivity contribution in [1.29, 1.82) is 0 Å². The second-order valence-electron chi connectivity index (χ2n) is 3.11. The summed E-state index contributed by atoms with van der Waals surface area (Å²) in [5.41, 5.74) is 8.09. The normalized spacial score (nSPS) is 9.71. The Bertz CT molecular complexity index is 222. The monoisotopic (exact) mass is 199 g/mol. The molecule has 0 saturated carbocycles. The molecule has 80 valence electrons. The lowest BCUT2D eigenvalue weighted by Gasteiger charge is -2.20. The fourth-order valence-corrected chi connectivity index (χ4v) is 0.913. The lowest BCUT2D eigenvalue weighted by Crippen LogP contribution is -2.37. The minimum Gasteiger partial charge on any atom is -0.348 e. The molecule has 0 aliphatic rings. The van der Waals surface area contributed by atoms with Gasteiger partial charge in [0, 0.05) is 32.1 Å². The molecular formula is C8H17N5O. The van der Waals surface area contributed by atoms with Crippen LogP contribution in [0.25, 0.3) is 10.4 Å². The molecule has 0 aromatic carbocycles. The van der Waals surface area contributed by atoms with Crippen LogP contribution in [0, 0.1) is 0 Å². The molecule has 0 N–H and O–H groups in total. The summed E-state index contributed by atoms with van der Waals surface area (Å²) in [7, 11) is 3.45. The average molecular weight is 199 g/mol. The highest BCUT2D eigenvalue weighted by Crippen LogP contribution is 1.90. The minimum atomic E-state index is 0.0628. The van der Waals surface area contributed by atoms with E-state index in [0.29, 0.717) is 19.6 Å². The summed E-state index contributed by atoms with van der Waals surface area (Å²) in [5, 5.41) is 3.43. The molecule has 0 fully saturated rings. The molecule has 14 heavy (non-hydrogen) atoms. The third kappa shape index (κ3) is 5.40. The van der Waals surface area contributed by atoms with Crippen LogP contribution in [0.5, 0.6) is 0 Å². The van der Waals surface area contributed by atoms with E-state index in [1.54, 1.807) is 19.0 Å². The van der Waals surface area contributed by atoms with Crippen LogP contribution in [-0.4, -0.2) is 56.0 Å². The molecule has 0 aliphatic carbocycles. The third-order valence-corrected chi connectivity index (χ3v) is 1.88. The molecule has 0 atom stereocenters. The number of azide groups is 1. The zero-order valence-corrected chi connectivity index (χ0v) is 8.97. The summed E-state index contributed by atoms with van der Waals surface area (Å²) in [6, 6.07) is 0. The molecule has 0 bridgehead atoms. The first-order valence-corrected chi connectivity index (χ1v) is 4.55. The van der Waals surface area contributed by atoms with E-state index >= 15 is 0 Å². The minimum absolute atomic E-state index is 0.0628. The van der Waals surface area contributed by atoms with E-state index in [4.69, 9.17) is 5.53 Å². The number of likely N-dealkylation sites (N-methyl/N-ethyl adjacent to an activating group) is 2. The third-order valence-electron chi connectivity index (χ3n) is 1.88. The van der Waals surface area contributed by atoms with Gasteiger partial charge in [-0.05, 0) is 12.1 Å². The highest BCUT2D eigenvalue weighted by Gasteiger charge is 2.09. The summed E-state index contributed by atoms with van der Waals surface area (Å²) in [4.78, 5) is 17.5. The van der Waals surface area contributed by atoms with Crippen LogP contribution in [-0.2, 0) is 4.79 Å². The molecular weight excluding hydrogens is 182 g/mol. The van der Waals surface area contributed by atoms with Gasteiger partial charge in [0.1, 0.15) is 0 Å². The van der Waals surface area contributed by atoms with Gasteiger partial charge in [-0.15, -0.1) is 0 Å². The van der Waals surface area contributed by atoms with E-state index in [0.717, 1.165) is 6.54 Å². The van der Waals surface area contributed by atoms with E-state index < -0.39 is 0 Å². The Morgan fingerprint density at radius 1 is 1.50 bits per heavy atom. The van der Waals surface area contributed by atoms with E-state index in [1.807, 2.05) is 11.8 Å². The van der Waals surface area contributed by atoms with Gasteiger partial charge in [0.25, 0.3) is 0 Å². The van der Waals surface area contributed by atoms with E-state index in [9.17, 15) is 4.79 Å². The maximum absolute atomic E-state index is 11.3. The Balaban J connectivity index is 3.89. The Kier molecular flexibility index (Phi) is 6.53. The van der Waals surface area contributed by atoms with Crippen molar-refractivity contribution < 1.29 is 4.79 Å². The van der Waals surface area contributed by atoms with E-state index in [1.165, 1.54) is 0 Å². The molecule has 0 radical (unpaired) electrons. The zero-order chi connectivity index (χ0) is 11.0. The van der Waals surface area contributed by atoms with E-state index in [2.05, 4.69) is 10.0 Å². The Morgan fingerprint density at radius 3 is 2.57 bits per heavy atom. The van der Waals surface area contributed by atoms with Crippen molar-refractivity contribution in [1.82, 2.24) is 9.80 Å². The van der Waals surface area contributed by atoms with Crippen molar-refractivity contribution in [2.45, 2.75) is 6.92 Å². The number of carbonyl (C=O) groups is 1. The molecule has 0 spiro atoms. The van der Waals surface area contributed by atoms with Gasteiger partial charge >= 0.3 is 0 Å². The predicted molar refractivity (Wildman–Crippen MR) is 54.8 cm³/mol. The second kappa shape index (κ2) is 7.17. The fourth-order valence-electron chi connectivity index (χ4n) is 0.913. The molecule has 0 aromatic rings. The standard InChI is InChI=1S/C8H17N5O/c1-4-13(6-5-10-11-9)7-8(14)12(2)3/h4-7H2,1-3H3. The van der Waals surface area contributed by atoms with Gasteiger partial charge in [-0.1, -0.05) is 12.0 Å². The summed E-state index contributed by atoms with van der Waals surface area (Å²) >= 11 is 0. The van der Waals surface area contributed by atoms with Gasteiger partial charge in [-0.3, -0.25) is 9.69 Å². The highest BCUT2D eigenvalue weighted by atomic mass is 16.2. The number of carbonyl (C=O) groups excluding carboxylic acids is 1. The van der Waals surface area contributed by atoms with Crippen LogP contribution >= 0.6 is 0 Å². The summed E-state index contributed by atoms with van der Waals surface area (Å²) in [6.07, 6.45) is 0. The van der Waals surface area contributed by atoms with Gasteiger partial charge in [-0.25, -0.2) is 0 Å². The smallest absolute Gasteiger partial charge is 0.236 e. The first-order valence-electron chi connectivity index (χ1n) is 4.55. The van der Waals surface area contributed by atoms with Crippen molar-refractivity contribution in [3.8, 4) is 0 Å². The molecule has 0 aliphatic heterocycles. The Morgan fingerprint density at radius 2 is 2.14 bits per heavy atom. The number of rotatable bonds is 6. The SMILES string of the molecule is CCN(CCN=[N+]=[N-])CC(=O)N(C)C. The molecule has 1 amide bonds. The van der Waals surface area contributed by atoms with Gasteiger partial charge in [-0.2, -0.15) is 0 Å². The van der Waals surface area contributed by atoms with E-state index in [-0.39, 0.29) is 5.91 Å². The highest BCUT2D eigenvalue weighted by molar-refractivity contribution is 5.77. The van der Waals surface area contributed by atoms with Crippen LogP contribution in [0.3, 0.4) is 0 Å². The quantitative estimate of drug-likeness (QED) is 0.359. The van der Waals surface area contributed by atoms with Crippen LogP contribution in [0.4, 0.5) is 0 Å². The van der Waals surface area contributed by atoms with Crippen LogP contribution in [0.15, 0.2) is 5.11 Å². The number of hydrogen-bond donors (Lipinski definition) is 0. The largest absolute Gasteiger partial charge is 0.348 e.